The van der Waals surface area contributed by atoms with Crippen LogP contribution in [-0.2, 0) is 16.0 Å². The Morgan fingerprint density at radius 1 is 1.00 bits per heavy atom. The molecule has 0 atom stereocenters. The molecule has 0 aliphatic carbocycles. The van der Waals surface area contributed by atoms with E-state index in [0.717, 1.165) is 24.4 Å². The van der Waals surface area contributed by atoms with Gasteiger partial charge in [-0.25, -0.2) is 9.59 Å². The van der Waals surface area contributed by atoms with Gasteiger partial charge in [0, 0.05) is 29.6 Å². The van der Waals surface area contributed by atoms with Crippen molar-refractivity contribution in [3.8, 4) is 0 Å². The average molecular weight is 393 g/mol. The molecule has 0 unspecified atom stereocenters. The number of benzene rings is 1. The summed E-state index contributed by atoms with van der Waals surface area (Å²) in [5, 5.41) is 16.5. The number of aliphatic carboxylic acids is 2. The second-order valence-electron chi connectivity index (χ2n) is 5.53. The number of nitrogens with zero attached hydrogens (tertiary/aromatic N) is 2. The maximum Gasteiger partial charge on any atom is 0.328 e. The van der Waals surface area contributed by atoms with Gasteiger partial charge in [-0.05, 0) is 57.2 Å². The summed E-state index contributed by atoms with van der Waals surface area (Å²) in [6.07, 6.45) is 6.85. The van der Waals surface area contributed by atoms with Gasteiger partial charge < -0.3 is 15.1 Å². The quantitative estimate of drug-likeness (QED) is 0.729. The lowest BCUT2D eigenvalue weighted by Gasteiger charge is -2.09. The molecule has 0 spiro atoms. The van der Waals surface area contributed by atoms with E-state index in [9.17, 15) is 9.59 Å². The Hall–Kier alpha value is -2.70. The fraction of sp³-hybridized carbons (Fsp3) is 0.250. The van der Waals surface area contributed by atoms with Crippen molar-refractivity contribution in [1.29, 1.82) is 0 Å². The summed E-state index contributed by atoms with van der Waals surface area (Å²) in [5.41, 5.74) is 1.26. The van der Waals surface area contributed by atoms with Crippen molar-refractivity contribution in [2.75, 3.05) is 20.6 Å². The van der Waals surface area contributed by atoms with Gasteiger partial charge >= 0.3 is 11.9 Å². The Bertz CT molecular complexity index is 649. The first-order valence-corrected chi connectivity index (χ1v) is 8.57. The van der Waals surface area contributed by atoms with Gasteiger partial charge in [-0.1, -0.05) is 35.9 Å². The van der Waals surface area contributed by atoms with E-state index in [1.165, 1.54) is 5.56 Å². The van der Waals surface area contributed by atoms with Crippen molar-refractivity contribution in [3.05, 3.63) is 77.6 Å². The van der Waals surface area contributed by atoms with Crippen molar-refractivity contribution in [2.45, 2.75) is 12.8 Å². The van der Waals surface area contributed by atoms with E-state index < -0.39 is 11.9 Å². The van der Waals surface area contributed by atoms with E-state index in [1.807, 2.05) is 36.4 Å². The van der Waals surface area contributed by atoms with Crippen molar-refractivity contribution in [3.63, 3.8) is 0 Å². The van der Waals surface area contributed by atoms with Gasteiger partial charge in [0.1, 0.15) is 0 Å². The number of hydrogen-bond acceptors (Lipinski definition) is 4. The number of carboxylic acids is 2. The van der Waals surface area contributed by atoms with Crippen molar-refractivity contribution < 1.29 is 19.8 Å². The molecule has 6 nitrogen and oxygen atoms in total. The lowest BCUT2D eigenvalue weighted by Crippen LogP contribution is -2.13. The lowest BCUT2D eigenvalue weighted by atomic mass is 10.1. The molecule has 0 fully saturated rings. The molecule has 0 amide bonds. The van der Waals surface area contributed by atoms with Gasteiger partial charge in [0.25, 0.3) is 0 Å². The summed E-state index contributed by atoms with van der Waals surface area (Å²) in [4.78, 5) is 25.1. The third-order valence-corrected chi connectivity index (χ3v) is 3.31. The van der Waals surface area contributed by atoms with Crippen molar-refractivity contribution >= 4 is 23.5 Å². The van der Waals surface area contributed by atoms with Crippen LogP contribution in [0.1, 0.15) is 12.0 Å². The summed E-state index contributed by atoms with van der Waals surface area (Å²) < 4.78 is 0. The minimum absolute atomic E-state index is 0.558. The van der Waals surface area contributed by atoms with E-state index in [4.69, 9.17) is 21.8 Å². The maximum absolute atomic E-state index is 9.55. The monoisotopic (exact) mass is 392 g/mol. The minimum atomic E-state index is -1.26. The van der Waals surface area contributed by atoms with Crippen LogP contribution >= 0.6 is 11.6 Å². The van der Waals surface area contributed by atoms with E-state index in [2.05, 4.69) is 30.0 Å². The van der Waals surface area contributed by atoms with Crippen LogP contribution in [0.25, 0.3) is 0 Å². The fourth-order valence-electron chi connectivity index (χ4n) is 1.74. The zero-order chi connectivity index (χ0) is 20.5. The molecular weight excluding hydrogens is 368 g/mol. The Labute approximate surface area is 164 Å². The number of aromatic nitrogens is 1. The van der Waals surface area contributed by atoms with E-state index >= 15 is 0 Å². The summed E-state index contributed by atoms with van der Waals surface area (Å²) in [6.45, 7) is 1.12. The summed E-state index contributed by atoms with van der Waals surface area (Å²) in [7, 11) is 4.18. The molecule has 2 aromatic rings. The molecule has 0 aliphatic heterocycles. The molecular formula is C20H25ClN2O4. The highest BCUT2D eigenvalue weighted by Crippen LogP contribution is 2.16. The zero-order valence-electron chi connectivity index (χ0n) is 15.5. The van der Waals surface area contributed by atoms with Crippen LogP contribution in [0.3, 0.4) is 0 Å². The van der Waals surface area contributed by atoms with Crippen LogP contribution in [0.4, 0.5) is 0 Å². The smallest absolute Gasteiger partial charge is 0.328 e. The Balaban J connectivity index is 0.000000412. The number of halogens is 1. The van der Waals surface area contributed by atoms with Gasteiger partial charge in [0.15, 0.2) is 0 Å². The van der Waals surface area contributed by atoms with Crippen LogP contribution in [0.15, 0.2) is 67.0 Å². The van der Waals surface area contributed by atoms with E-state index in [1.54, 1.807) is 12.4 Å². The third-order valence-electron chi connectivity index (χ3n) is 2.94. The van der Waals surface area contributed by atoms with Gasteiger partial charge in [-0.15, -0.1) is 0 Å². The highest BCUT2D eigenvalue weighted by Gasteiger charge is 1.98. The molecule has 0 radical (unpaired) electrons. The first-order chi connectivity index (χ1) is 12.8. The molecule has 2 N–H and O–H groups in total. The number of rotatable bonds is 6. The molecule has 0 bridgehead atoms. The van der Waals surface area contributed by atoms with Crippen LogP contribution in [0, 0.1) is 0 Å². The second-order valence-corrected chi connectivity index (χ2v) is 5.94. The van der Waals surface area contributed by atoms with Gasteiger partial charge in [0.05, 0.1) is 0 Å². The highest BCUT2D eigenvalue weighted by molar-refractivity contribution is 6.31. The number of carbonyl (C=O) groups is 2. The Morgan fingerprint density at radius 3 is 1.93 bits per heavy atom. The molecule has 7 heteroatoms. The molecule has 1 heterocycles. The molecule has 0 aliphatic rings. The third kappa shape index (κ3) is 16.5. The summed E-state index contributed by atoms with van der Waals surface area (Å²) >= 11 is 6.03. The van der Waals surface area contributed by atoms with Crippen LogP contribution in [-0.4, -0.2) is 52.7 Å². The Kier molecular flexibility index (Phi) is 14.0. The van der Waals surface area contributed by atoms with Crippen molar-refractivity contribution in [1.82, 2.24) is 9.88 Å². The number of aryl methyl sites for hydroxylation is 1. The van der Waals surface area contributed by atoms with Crippen LogP contribution in [0.5, 0.6) is 0 Å². The fourth-order valence-corrected chi connectivity index (χ4v) is 1.97. The normalized spacial score (nSPS) is 9.78. The van der Waals surface area contributed by atoms with Crippen LogP contribution < -0.4 is 0 Å². The van der Waals surface area contributed by atoms with Gasteiger partial charge in [-0.3, -0.25) is 4.98 Å². The number of pyridine rings is 1. The second kappa shape index (κ2) is 15.5. The standard InChI is InChI=1S/C11H16ClN.C5H5N.C4H4O4/c1-13(2)9-5-7-10-6-3-4-8-11(10)12;1-2-4-6-5-3-1;5-3(6)1-2-4(7)8/h3-4,6,8H,5,7,9H2,1-2H3;1-5H;1-2H,(H,5,6)(H,7,8)/b;;2-1-. The zero-order valence-corrected chi connectivity index (χ0v) is 16.2. The minimum Gasteiger partial charge on any atom is -0.478 e. The largest absolute Gasteiger partial charge is 0.478 e. The summed E-state index contributed by atoms with van der Waals surface area (Å²) in [5.74, 6) is -2.51. The maximum atomic E-state index is 9.55. The van der Waals surface area contributed by atoms with E-state index in [-0.39, 0.29) is 0 Å². The molecule has 0 saturated heterocycles. The highest BCUT2D eigenvalue weighted by atomic mass is 35.5. The predicted octanol–water partition coefficient (Wildman–Crippen LogP) is 3.63. The first kappa shape index (κ1) is 24.3. The van der Waals surface area contributed by atoms with E-state index in [0.29, 0.717) is 12.2 Å². The molecule has 27 heavy (non-hydrogen) atoms. The first-order valence-electron chi connectivity index (χ1n) is 8.20. The Morgan fingerprint density at radius 2 is 1.56 bits per heavy atom. The number of hydrogen-bond donors (Lipinski definition) is 2. The molecule has 1 aromatic carbocycles. The molecule has 146 valence electrons. The predicted molar refractivity (Wildman–Crippen MR) is 107 cm³/mol. The topological polar surface area (TPSA) is 90.7 Å². The SMILES string of the molecule is CN(C)CCCc1ccccc1Cl.O=C(O)/C=C\C(=O)O.c1ccncc1. The lowest BCUT2D eigenvalue weighted by molar-refractivity contribution is -0.134. The van der Waals surface area contributed by atoms with Gasteiger partial charge in [0.2, 0.25) is 0 Å². The summed E-state index contributed by atoms with van der Waals surface area (Å²) in [6, 6.07) is 13.8. The number of carboxylic acid groups (broad SMARTS) is 2. The van der Waals surface area contributed by atoms with Gasteiger partial charge in [-0.2, -0.15) is 0 Å². The van der Waals surface area contributed by atoms with Crippen molar-refractivity contribution in [2.24, 2.45) is 0 Å². The molecule has 2 rings (SSSR count). The molecule has 0 saturated carbocycles. The average Bonchev–Trinajstić information content (AvgIpc) is 2.64. The molecule has 1 aromatic heterocycles. The van der Waals surface area contributed by atoms with Crippen LogP contribution in [0.2, 0.25) is 5.02 Å².